The zero-order valence-corrected chi connectivity index (χ0v) is 17.3. The first kappa shape index (κ1) is 23.8. The molecule has 0 bridgehead atoms. The van der Waals surface area contributed by atoms with Crippen molar-refractivity contribution >= 4 is 11.8 Å². The predicted octanol–water partition coefficient (Wildman–Crippen LogP) is 3.95. The van der Waals surface area contributed by atoms with Crippen LogP contribution in [0.2, 0.25) is 0 Å². The Labute approximate surface area is 164 Å². The zero-order chi connectivity index (χ0) is 20.3. The van der Waals surface area contributed by atoms with Gasteiger partial charge >= 0.3 is 5.97 Å². The number of ether oxygens (including phenoxy) is 1. The van der Waals surface area contributed by atoms with Gasteiger partial charge < -0.3 is 14.9 Å². The van der Waals surface area contributed by atoms with E-state index in [9.17, 15) is 19.8 Å². The van der Waals surface area contributed by atoms with Crippen LogP contribution < -0.4 is 0 Å². The molecular formula is C22H38O5. The van der Waals surface area contributed by atoms with Crippen LogP contribution in [0.15, 0.2) is 12.2 Å². The summed E-state index contributed by atoms with van der Waals surface area (Å²) >= 11 is 0. The van der Waals surface area contributed by atoms with Gasteiger partial charge in [0.05, 0.1) is 18.8 Å². The van der Waals surface area contributed by atoms with Gasteiger partial charge in [0, 0.05) is 24.7 Å². The Hall–Kier alpha value is -1.20. The molecule has 0 heterocycles. The monoisotopic (exact) mass is 382 g/mol. The largest absolute Gasteiger partial charge is 0.469 e. The Balaban J connectivity index is 2.42. The van der Waals surface area contributed by atoms with Gasteiger partial charge in [-0.25, -0.2) is 0 Å². The van der Waals surface area contributed by atoms with E-state index < -0.39 is 11.7 Å². The molecule has 0 aromatic rings. The molecule has 1 fully saturated rings. The van der Waals surface area contributed by atoms with E-state index in [1.807, 2.05) is 19.1 Å². The second-order valence-electron chi connectivity index (χ2n) is 8.18. The van der Waals surface area contributed by atoms with E-state index in [4.69, 9.17) is 0 Å². The summed E-state index contributed by atoms with van der Waals surface area (Å²) < 4.78 is 4.62. The van der Waals surface area contributed by atoms with Crippen molar-refractivity contribution in [2.75, 3.05) is 7.11 Å². The first-order valence-electron chi connectivity index (χ1n) is 10.5. The number of carbonyl (C=O) groups is 2. The van der Waals surface area contributed by atoms with E-state index in [-0.39, 0.29) is 30.0 Å². The van der Waals surface area contributed by atoms with Crippen LogP contribution in [0.5, 0.6) is 0 Å². The smallest absolute Gasteiger partial charge is 0.305 e. The van der Waals surface area contributed by atoms with Gasteiger partial charge in [-0.2, -0.15) is 0 Å². The molecule has 4 atom stereocenters. The number of ketones is 1. The molecule has 0 aromatic carbocycles. The Morgan fingerprint density at radius 1 is 1.26 bits per heavy atom. The zero-order valence-electron chi connectivity index (χ0n) is 17.3. The maximum Gasteiger partial charge on any atom is 0.305 e. The van der Waals surface area contributed by atoms with Crippen LogP contribution in [0.4, 0.5) is 0 Å². The number of esters is 1. The number of carbonyl (C=O) groups excluding carboxylic acids is 2. The minimum atomic E-state index is -0.727. The van der Waals surface area contributed by atoms with Crippen molar-refractivity contribution in [1.29, 1.82) is 0 Å². The highest BCUT2D eigenvalue weighted by molar-refractivity contribution is 5.84. The summed E-state index contributed by atoms with van der Waals surface area (Å²) in [6.07, 6.45) is 11.7. The normalized spacial score (nSPS) is 25.1. The molecule has 1 aliphatic rings. The molecule has 0 spiro atoms. The molecule has 1 rings (SSSR count). The summed E-state index contributed by atoms with van der Waals surface area (Å²) in [5.74, 6) is -0.305. The molecule has 1 saturated carbocycles. The van der Waals surface area contributed by atoms with Crippen LogP contribution in [-0.4, -0.2) is 40.8 Å². The molecule has 0 saturated heterocycles. The molecule has 156 valence electrons. The van der Waals surface area contributed by atoms with Gasteiger partial charge in [-0.05, 0) is 32.6 Å². The maximum absolute atomic E-state index is 12.2. The molecule has 27 heavy (non-hydrogen) atoms. The minimum Gasteiger partial charge on any atom is -0.469 e. The van der Waals surface area contributed by atoms with Crippen molar-refractivity contribution in [3.05, 3.63) is 12.2 Å². The average Bonchev–Trinajstić information content (AvgIpc) is 2.89. The molecule has 0 unspecified atom stereocenters. The summed E-state index contributed by atoms with van der Waals surface area (Å²) in [6, 6.07) is 0. The van der Waals surface area contributed by atoms with Crippen molar-refractivity contribution in [2.45, 2.75) is 96.2 Å². The second-order valence-corrected chi connectivity index (χ2v) is 8.18. The Bertz CT molecular complexity index is 483. The molecular weight excluding hydrogens is 344 g/mol. The van der Waals surface area contributed by atoms with Gasteiger partial charge in [0.25, 0.3) is 0 Å². The van der Waals surface area contributed by atoms with Crippen LogP contribution in [0.1, 0.15) is 84.5 Å². The van der Waals surface area contributed by atoms with E-state index in [1.165, 1.54) is 7.11 Å². The molecule has 0 amide bonds. The summed E-state index contributed by atoms with van der Waals surface area (Å²) in [5.41, 5.74) is -0.727. The number of methoxy groups -OCH3 is 1. The van der Waals surface area contributed by atoms with Gasteiger partial charge in [0.1, 0.15) is 5.78 Å². The first-order valence-corrected chi connectivity index (χ1v) is 10.5. The predicted molar refractivity (Wildman–Crippen MR) is 106 cm³/mol. The lowest BCUT2D eigenvalue weighted by Gasteiger charge is -2.22. The standard InChI is InChI=1S/C22H38O5/c1-4-5-14-22(2,26)15-10-12-18-17(19(23)16-20(18)24)11-8-6-7-9-13-21(25)27-3/h10,12,17-18,20,24,26H,4-9,11,13-16H2,1-3H3/t17-,18+,20-,22-/m0/s1. The number of unbranched alkanes of at least 4 members (excludes halogenated alkanes) is 4. The summed E-state index contributed by atoms with van der Waals surface area (Å²) in [6.45, 7) is 3.95. The molecule has 0 aliphatic heterocycles. The van der Waals surface area contributed by atoms with E-state index in [0.29, 0.717) is 12.8 Å². The maximum atomic E-state index is 12.2. The topological polar surface area (TPSA) is 83.8 Å². The minimum absolute atomic E-state index is 0.127. The fourth-order valence-electron chi connectivity index (χ4n) is 3.82. The highest BCUT2D eigenvalue weighted by Gasteiger charge is 2.39. The molecule has 5 nitrogen and oxygen atoms in total. The third kappa shape index (κ3) is 9.02. The number of Topliss-reactive ketones (excluding diaryl/α,β-unsaturated/α-hetero) is 1. The van der Waals surface area contributed by atoms with Gasteiger partial charge in [0.15, 0.2) is 0 Å². The quantitative estimate of drug-likeness (QED) is 0.286. The number of aliphatic hydroxyl groups excluding tert-OH is 1. The average molecular weight is 383 g/mol. The van der Waals surface area contributed by atoms with Crippen LogP contribution >= 0.6 is 0 Å². The van der Waals surface area contributed by atoms with Gasteiger partial charge in [-0.3, -0.25) is 9.59 Å². The molecule has 2 N–H and O–H groups in total. The third-order valence-corrected chi connectivity index (χ3v) is 5.59. The van der Waals surface area contributed by atoms with E-state index in [2.05, 4.69) is 11.7 Å². The third-order valence-electron chi connectivity index (χ3n) is 5.59. The van der Waals surface area contributed by atoms with Crippen molar-refractivity contribution in [3.63, 3.8) is 0 Å². The van der Waals surface area contributed by atoms with Crippen LogP contribution in [-0.2, 0) is 14.3 Å². The molecule has 0 radical (unpaired) electrons. The molecule has 1 aliphatic carbocycles. The lowest BCUT2D eigenvalue weighted by molar-refractivity contribution is -0.140. The number of rotatable bonds is 13. The van der Waals surface area contributed by atoms with E-state index >= 15 is 0 Å². The number of hydrogen-bond acceptors (Lipinski definition) is 5. The van der Waals surface area contributed by atoms with E-state index in [0.717, 1.165) is 51.4 Å². The summed E-state index contributed by atoms with van der Waals surface area (Å²) in [4.78, 5) is 23.3. The van der Waals surface area contributed by atoms with Gasteiger partial charge in [0.2, 0.25) is 0 Å². The fraction of sp³-hybridized carbons (Fsp3) is 0.818. The second kappa shape index (κ2) is 12.3. The number of hydrogen-bond donors (Lipinski definition) is 2. The van der Waals surface area contributed by atoms with Crippen molar-refractivity contribution in [2.24, 2.45) is 11.8 Å². The van der Waals surface area contributed by atoms with Crippen molar-refractivity contribution in [3.8, 4) is 0 Å². The van der Waals surface area contributed by atoms with Gasteiger partial charge in [-0.1, -0.05) is 51.2 Å². The van der Waals surface area contributed by atoms with Gasteiger partial charge in [-0.15, -0.1) is 0 Å². The SMILES string of the molecule is CCCC[C@](C)(O)CC=C[C@@H]1[C@H](CCCCCCC(=O)OC)C(=O)C[C@@H]1O. The van der Waals surface area contributed by atoms with Crippen LogP contribution in [0, 0.1) is 11.8 Å². The Morgan fingerprint density at radius 3 is 2.63 bits per heavy atom. The summed E-state index contributed by atoms with van der Waals surface area (Å²) in [5, 5.41) is 20.6. The Morgan fingerprint density at radius 2 is 1.96 bits per heavy atom. The first-order chi connectivity index (χ1) is 12.8. The highest BCUT2D eigenvalue weighted by Crippen LogP contribution is 2.34. The van der Waals surface area contributed by atoms with Crippen LogP contribution in [0.3, 0.4) is 0 Å². The van der Waals surface area contributed by atoms with Crippen molar-refractivity contribution < 1.29 is 24.5 Å². The lowest BCUT2D eigenvalue weighted by Crippen LogP contribution is -2.23. The fourth-order valence-corrected chi connectivity index (χ4v) is 3.82. The van der Waals surface area contributed by atoms with Crippen molar-refractivity contribution in [1.82, 2.24) is 0 Å². The molecule has 0 aromatic heterocycles. The summed E-state index contributed by atoms with van der Waals surface area (Å²) in [7, 11) is 1.40. The number of aliphatic hydroxyl groups is 2. The van der Waals surface area contributed by atoms with Crippen LogP contribution in [0.25, 0.3) is 0 Å². The molecule has 5 heteroatoms. The Kier molecular flexibility index (Phi) is 10.9. The lowest BCUT2D eigenvalue weighted by atomic mass is 9.87. The van der Waals surface area contributed by atoms with E-state index in [1.54, 1.807) is 0 Å². The highest BCUT2D eigenvalue weighted by atomic mass is 16.5.